The number of hydrogen-bond acceptors (Lipinski definition) is 4. The van der Waals surface area contributed by atoms with Gasteiger partial charge in [0.25, 0.3) is 0 Å². The second kappa shape index (κ2) is 5.05. The summed E-state index contributed by atoms with van der Waals surface area (Å²) >= 11 is 0. The summed E-state index contributed by atoms with van der Waals surface area (Å²) in [5.41, 5.74) is 0.583. The quantitative estimate of drug-likeness (QED) is 0.905. The molecule has 1 saturated carbocycles. The second-order valence-electron chi connectivity index (χ2n) is 5.96. The lowest BCUT2D eigenvalue weighted by Gasteiger charge is -2.45. The van der Waals surface area contributed by atoms with Crippen molar-refractivity contribution < 1.29 is 14.6 Å². The molecule has 2 aliphatic rings. The number of nitrogens with zero attached hydrogens (tertiary/aromatic N) is 2. The highest BCUT2D eigenvalue weighted by atomic mass is 16.5. The number of pyridine rings is 1. The Balaban J connectivity index is 1.75. The van der Waals surface area contributed by atoms with Crippen LogP contribution in [0, 0.1) is 5.92 Å². The molecule has 1 unspecified atom stereocenters. The summed E-state index contributed by atoms with van der Waals surface area (Å²) in [7, 11) is 0. The molecule has 1 aromatic rings. The first kappa shape index (κ1) is 13.4. The van der Waals surface area contributed by atoms with Gasteiger partial charge in [-0.3, -0.25) is 9.78 Å². The highest BCUT2D eigenvalue weighted by Gasteiger charge is 2.49. The average molecular weight is 276 g/mol. The molecular formula is C15H20N2O3. The number of hydrogen-bond donors (Lipinski definition) is 1. The smallest absolute Gasteiger partial charge is 0.227 e. The average Bonchev–Trinajstić information content (AvgIpc) is 3.23. The van der Waals surface area contributed by atoms with Crippen LogP contribution in [-0.2, 0) is 16.0 Å². The van der Waals surface area contributed by atoms with Crippen LogP contribution in [0.1, 0.15) is 25.3 Å². The van der Waals surface area contributed by atoms with Crippen molar-refractivity contribution in [3.63, 3.8) is 0 Å². The van der Waals surface area contributed by atoms with Crippen LogP contribution in [0.4, 0.5) is 0 Å². The first-order valence-electron chi connectivity index (χ1n) is 7.11. The molecule has 3 rings (SSSR count). The standard InChI is InChI=1S/C15H20N2O3/c1-15(12-2-3-12)10-20-5-4-17(15)14(19)7-11-6-13(18)9-16-8-11/h6,8-9,12,18H,2-5,7,10H2,1H3. The van der Waals surface area contributed by atoms with Gasteiger partial charge in [0.15, 0.2) is 0 Å². The predicted molar refractivity (Wildman–Crippen MR) is 73.3 cm³/mol. The first-order valence-corrected chi connectivity index (χ1v) is 7.11. The SMILES string of the molecule is CC1(C2CC2)COCCN1C(=O)Cc1cncc(O)c1. The monoisotopic (exact) mass is 276 g/mol. The van der Waals surface area contributed by atoms with Crippen LogP contribution in [0.2, 0.25) is 0 Å². The van der Waals surface area contributed by atoms with E-state index in [9.17, 15) is 9.90 Å². The summed E-state index contributed by atoms with van der Waals surface area (Å²) < 4.78 is 5.59. The zero-order valence-electron chi connectivity index (χ0n) is 11.7. The fourth-order valence-electron chi connectivity index (χ4n) is 3.06. The van der Waals surface area contributed by atoms with Gasteiger partial charge in [0.05, 0.1) is 31.4 Å². The number of carbonyl (C=O) groups is 1. The van der Waals surface area contributed by atoms with Gasteiger partial charge in [-0.2, -0.15) is 0 Å². The van der Waals surface area contributed by atoms with Crippen LogP contribution in [0.25, 0.3) is 0 Å². The normalized spacial score (nSPS) is 26.6. The molecule has 1 N–H and O–H groups in total. The van der Waals surface area contributed by atoms with Gasteiger partial charge in [-0.25, -0.2) is 0 Å². The summed E-state index contributed by atoms with van der Waals surface area (Å²) in [4.78, 5) is 18.5. The Morgan fingerprint density at radius 3 is 3.05 bits per heavy atom. The summed E-state index contributed by atoms with van der Waals surface area (Å²) in [6.07, 6.45) is 5.64. The van der Waals surface area contributed by atoms with Gasteiger partial charge in [-0.1, -0.05) is 0 Å². The van der Waals surface area contributed by atoms with Gasteiger partial charge in [-0.15, -0.1) is 0 Å². The molecule has 20 heavy (non-hydrogen) atoms. The topological polar surface area (TPSA) is 62.7 Å². The summed E-state index contributed by atoms with van der Waals surface area (Å²) in [6, 6.07) is 1.60. The molecule has 0 spiro atoms. The third kappa shape index (κ3) is 2.50. The van der Waals surface area contributed by atoms with Crippen molar-refractivity contribution in [1.29, 1.82) is 0 Å². The molecule has 2 heterocycles. The summed E-state index contributed by atoms with van der Waals surface area (Å²) in [5.74, 6) is 0.756. The third-order valence-corrected chi connectivity index (χ3v) is 4.36. The van der Waals surface area contributed by atoms with Crippen molar-refractivity contribution in [3.8, 4) is 5.75 Å². The maximum Gasteiger partial charge on any atom is 0.227 e. The van der Waals surface area contributed by atoms with Gasteiger partial charge >= 0.3 is 0 Å². The molecule has 1 atom stereocenters. The van der Waals surface area contributed by atoms with Crippen molar-refractivity contribution in [2.24, 2.45) is 5.92 Å². The van der Waals surface area contributed by atoms with E-state index in [4.69, 9.17) is 4.74 Å². The highest BCUT2D eigenvalue weighted by molar-refractivity contribution is 5.79. The van der Waals surface area contributed by atoms with Crippen LogP contribution < -0.4 is 0 Å². The number of carbonyl (C=O) groups excluding carboxylic acids is 1. The van der Waals surface area contributed by atoms with E-state index >= 15 is 0 Å². The predicted octanol–water partition coefficient (Wildman–Crippen LogP) is 1.36. The fraction of sp³-hybridized carbons (Fsp3) is 0.600. The summed E-state index contributed by atoms with van der Waals surface area (Å²) in [5, 5.41) is 9.43. The lowest BCUT2D eigenvalue weighted by Crippen LogP contribution is -2.59. The van der Waals surface area contributed by atoms with E-state index in [2.05, 4.69) is 11.9 Å². The number of aromatic hydroxyl groups is 1. The molecular weight excluding hydrogens is 256 g/mol. The van der Waals surface area contributed by atoms with Crippen LogP contribution in [0.15, 0.2) is 18.5 Å². The van der Waals surface area contributed by atoms with Crippen molar-refractivity contribution in [1.82, 2.24) is 9.88 Å². The van der Waals surface area contributed by atoms with E-state index in [-0.39, 0.29) is 23.6 Å². The Labute approximate surface area is 118 Å². The van der Waals surface area contributed by atoms with Crippen molar-refractivity contribution in [3.05, 3.63) is 24.0 Å². The Morgan fingerprint density at radius 1 is 1.55 bits per heavy atom. The lowest BCUT2D eigenvalue weighted by atomic mass is 9.92. The molecule has 0 bridgehead atoms. The van der Waals surface area contributed by atoms with E-state index in [0.29, 0.717) is 25.7 Å². The molecule has 0 aromatic carbocycles. The van der Waals surface area contributed by atoms with Gasteiger partial charge in [0, 0.05) is 12.7 Å². The highest BCUT2D eigenvalue weighted by Crippen LogP contribution is 2.44. The van der Waals surface area contributed by atoms with Crippen LogP contribution in [0.5, 0.6) is 5.75 Å². The fourth-order valence-corrected chi connectivity index (χ4v) is 3.06. The molecule has 1 saturated heterocycles. The Hall–Kier alpha value is -1.62. The van der Waals surface area contributed by atoms with E-state index < -0.39 is 0 Å². The maximum atomic E-state index is 12.6. The van der Waals surface area contributed by atoms with Crippen molar-refractivity contribution >= 4 is 5.91 Å². The Morgan fingerprint density at radius 2 is 2.35 bits per heavy atom. The molecule has 1 aliphatic carbocycles. The number of amides is 1. The van der Waals surface area contributed by atoms with Crippen molar-refractivity contribution in [2.45, 2.75) is 31.7 Å². The molecule has 1 amide bonds. The van der Waals surface area contributed by atoms with Crippen LogP contribution >= 0.6 is 0 Å². The Kier molecular flexibility index (Phi) is 3.38. The maximum absolute atomic E-state index is 12.6. The minimum Gasteiger partial charge on any atom is -0.506 e. The minimum atomic E-state index is -0.167. The van der Waals surface area contributed by atoms with E-state index in [1.54, 1.807) is 12.3 Å². The van der Waals surface area contributed by atoms with E-state index in [1.807, 2.05) is 4.90 Å². The Bertz CT molecular complexity index is 516. The number of aromatic nitrogens is 1. The molecule has 2 fully saturated rings. The minimum absolute atomic E-state index is 0.0927. The van der Waals surface area contributed by atoms with Gasteiger partial charge in [0.2, 0.25) is 5.91 Å². The van der Waals surface area contributed by atoms with Crippen molar-refractivity contribution in [2.75, 3.05) is 19.8 Å². The molecule has 1 aliphatic heterocycles. The van der Waals surface area contributed by atoms with Crippen LogP contribution in [-0.4, -0.2) is 46.2 Å². The molecule has 5 heteroatoms. The summed E-state index contributed by atoms with van der Waals surface area (Å²) in [6.45, 7) is 4.01. The van der Waals surface area contributed by atoms with E-state index in [0.717, 1.165) is 5.56 Å². The third-order valence-electron chi connectivity index (χ3n) is 4.36. The van der Waals surface area contributed by atoms with Gasteiger partial charge in [-0.05, 0) is 37.3 Å². The number of ether oxygens (including phenoxy) is 1. The first-order chi connectivity index (χ1) is 9.59. The van der Waals surface area contributed by atoms with Crippen LogP contribution in [0.3, 0.4) is 0 Å². The zero-order valence-corrected chi connectivity index (χ0v) is 11.7. The second-order valence-corrected chi connectivity index (χ2v) is 5.96. The number of rotatable bonds is 3. The van der Waals surface area contributed by atoms with E-state index in [1.165, 1.54) is 19.0 Å². The zero-order chi connectivity index (χ0) is 14.2. The number of morpholine rings is 1. The van der Waals surface area contributed by atoms with Gasteiger partial charge < -0.3 is 14.7 Å². The largest absolute Gasteiger partial charge is 0.506 e. The molecule has 0 radical (unpaired) electrons. The molecule has 1 aromatic heterocycles. The lowest BCUT2D eigenvalue weighted by molar-refractivity contribution is -0.149. The molecule has 108 valence electrons. The molecule has 5 nitrogen and oxygen atoms in total. The van der Waals surface area contributed by atoms with Gasteiger partial charge in [0.1, 0.15) is 5.75 Å².